The van der Waals surface area contributed by atoms with Gasteiger partial charge in [-0.15, -0.1) is 0 Å². The van der Waals surface area contributed by atoms with Crippen molar-refractivity contribution in [2.24, 2.45) is 0 Å². The largest absolute Gasteiger partial charge is 0.336 e. The Morgan fingerprint density at radius 3 is 3.00 bits per heavy atom. The van der Waals surface area contributed by atoms with E-state index in [2.05, 4.69) is 9.88 Å². The van der Waals surface area contributed by atoms with E-state index in [-0.39, 0.29) is 5.91 Å². The molecule has 2 aromatic rings. The van der Waals surface area contributed by atoms with Crippen molar-refractivity contribution >= 4 is 16.8 Å². The Morgan fingerprint density at radius 2 is 2.05 bits per heavy atom. The molecule has 21 heavy (non-hydrogen) atoms. The summed E-state index contributed by atoms with van der Waals surface area (Å²) in [6.07, 6.45) is 4.23. The molecule has 0 saturated carbocycles. The van der Waals surface area contributed by atoms with Gasteiger partial charge in [-0.2, -0.15) is 0 Å². The maximum absolute atomic E-state index is 12.9. The van der Waals surface area contributed by atoms with E-state index in [1.807, 2.05) is 35.2 Å². The van der Waals surface area contributed by atoms with E-state index in [9.17, 15) is 4.79 Å². The zero-order valence-electron chi connectivity index (χ0n) is 12.0. The Morgan fingerprint density at radius 1 is 1.14 bits per heavy atom. The molecule has 2 aliphatic heterocycles. The minimum Gasteiger partial charge on any atom is -0.336 e. The van der Waals surface area contributed by atoms with Crippen LogP contribution in [-0.2, 0) is 0 Å². The number of pyridine rings is 1. The van der Waals surface area contributed by atoms with Gasteiger partial charge in [-0.1, -0.05) is 18.2 Å². The third-order valence-electron chi connectivity index (χ3n) is 4.75. The van der Waals surface area contributed by atoms with Crippen molar-refractivity contribution in [2.45, 2.75) is 18.9 Å². The number of carbonyl (C=O) groups is 1. The number of amides is 1. The lowest BCUT2D eigenvalue weighted by molar-refractivity contribution is 0.0573. The van der Waals surface area contributed by atoms with Gasteiger partial charge < -0.3 is 4.90 Å². The molecule has 1 aromatic carbocycles. The number of carbonyl (C=O) groups excluding carboxylic acids is 1. The van der Waals surface area contributed by atoms with Gasteiger partial charge in [0.2, 0.25) is 0 Å². The van der Waals surface area contributed by atoms with Crippen molar-refractivity contribution < 1.29 is 4.79 Å². The van der Waals surface area contributed by atoms with Crippen LogP contribution in [0.25, 0.3) is 10.9 Å². The molecule has 1 atom stereocenters. The second-order valence-corrected chi connectivity index (χ2v) is 5.96. The summed E-state index contributed by atoms with van der Waals surface area (Å²) in [6.45, 7) is 3.92. The molecule has 2 fully saturated rings. The Labute approximate surface area is 124 Å². The Balaban J connectivity index is 1.64. The number of rotatable bonds is 1. The van der Waals surface area contributed by atoms with Gasteiger partial charge >= 0.3 is 0 Å². The number of benzene rings is 1. The molecule has 4 nitrogen and oxygen atoms in total. The molecule has 0 radical (unpaired) electrons. The van der Waals surface area contributed by atoms with Crippen molar-refractivity contribution in [2.75, 3.05) is 26.2 Å². The summed E-state index contributed by atoms with van der Waals surface area (Å²) in [7, 11) is 0. The smallest absolute Gasteiger partial charge is 0.254 e. The summed E-state index contributed by atoms with van der Waals surface area (Å²) in [5.41, 5.74) is 1.68. The zero-order chi connectivity index (χ0) is 14.2. The van der Waals surface area contributed by atoms with Gasteiger partial charge in [0.1, 0.15) is 0 Å². The Bertz CT molecular complexity index is 679. The SMILES string of the molecule is O=C(c1ccnc2ccccc12)N1CCN2CCC[C@@H]2C1. The van der Waals surface area contributed by atoms with E-state index in [1.54, 1.807) is 6.20 Å². The first-order valence-electron chi connectivity index (χ1n) is 7.70. The molecule has 0 N–H and O–H groups in total. The minimum absolute atomic E-state index is 0.153. The van der Waals surface area contributed by atoms with Gasteiger partial charge in [0.05, 0.1) is 11.1 Å². The molecule has 0 bridgehead atoms. The molecule has 4 heteroatoms. The van der Waals surface area contributed by atoms with Crippen molar-refractivity contribution in [3.63, 3.8) is 0 Å². The van der Waals surface area contributed by atoms with Crippen molar-refractivity contribution in [3.8, 4) is 0 Å². The first-order valence-corrected chi connectivity index (χ1v) is 7.70. The molecule has 0 aliphatic carbocycles. The van der Waals surface area contributed by atoms with Crippen LogP contribution in [0.3, 0.4) is 0 Å². The summed E-state index contributed by atoms with van der Waals surface area (Å²) in [6, 6.07) is 10.3. The average Bonchev–Trinajstić information content (AvgIpc) is 3.01. The highest BCUT2D eigenvalue weighted by Crippen LogP contribution is 2.24. The topological polar surface area (TPSA) is 36.4 Å². The van der Waals surface area contributed by atoms with E-state index in [0.29, 0.717) is 6.04 Å². The van der Waals surface area contributed by atoms with Gasteiger partial charge in [0.15, 0.2) is 0 Å². The van der Waals surface area contributed by atoms with Crippen LogP contribution < -0.4 is 0 Å². The van der Waals surface area contributed by atoms with E-state index in [0.717, 1.165) is 36.1 Å². The quantitative estimate of drug-likeness (QED) is 0.803. The van der Waals surface area contributed by atoms with Gasteiger partial charge in [-0.3, -0.25) is 14.7 Å². The van der Waals surface area contributed by atoms with E-state index in [4.69, 9.17) is 0 Å². The molecule has 2 saturated heterocycles. The van der Waals surface area contributed by atoms with Crippen LogP contribution in [0.15, 0.2) is 36.5 Å². The molecule has 4 rings (SSSR count). The molecule has 1 amide bonds. The number of fused-ring (bicyclic) bond motifs is 2. The van der Waals surface area contributed by atoms with Crippen molar-refractivity contribution in [3.05, 3.63) is 42.1 Å². The van der Waals surface area contributed by atoms with Crippen molar-refractivity contribution in [1.82, 2.24) is 14.8 Å². The average molecular weight is 281 g/mol. The predicted octanol–water partition coefficient (Wildman–Crippen LogP) is 2.16. The van der Waals surface area contributed by atoms with Gasteiger partial charge in [0, 0.05) is 37.3 Å². The number of nitrogens with zero attached hydrogens (tertiary/aromatic N) is 3. The van der Waals surface area contributed by atoms with Crippen LogP contribution in [-0.4, -0.2) is 52.9 Å². The normalized spacial score (nSPS) is 22.5. The fraction of sp³-hybridized carbons (Fsp3) is 0.412. The first kappa shape index (κ1) is 12.8. The second-order valence-electron chi connectivity index (χ2n) is 5.96. The van der Waals surface area contributed by atoms with E-state index in [1.165, 1.54) is 19.4 Å². The summed E-state index contributed by atoms with van der Waals surface area (Å²) >= 11 is 0. The highest BCUT2D eigenvalue weighted by atomic mass is 16.2. The summed E-state index contributed by atoms with van der Waals surface area (Å²) in [5.74, 6) is 0.153. The lowest BCUT2D eigenvalue weighted by atomic mass is 10.1. The van der Waals surface area contributed by atoms with E-state index >= 15 is 0 Å². The molecule has 2 aliphatic rings. The maximum atomic E-state index is 12.9. The monoisotopic (exact) mass is 281 g/mol. The summed E-state index contributed by atoms with van der Waals surface area (Å²) in [4.78, 5) is 21.8. The predicted molar refractivity (Wildman–Crippen MR) is 82.2 cm³/mol. The molecule has 1 aromatic heterocycles. The van der Waals surface area contributed by atoms with E-state index < -0.39 is 0 Å². The summed E-state index contributed by atoms with van der Waals surface area (Å²) < 4.78 is 0. The summed E-state index contributed by atoms with van der Waals surface area (Å²) in [5, 5.41) is 0.957. The van der Waals surface area contributed by atoms with Crippen LogP contribution in [0.5, 0.6) is 0 Å². The number of para-hydroxylation sites is 1. The fourth-order valence-corrected chi connectivity index (χ4v) is 3.63. The lowest BCUT2D eigenvalue weighted by Gasteiger charge is -2.37. The second kappa shape index (κ2) is 5.11. The molecular formula is C17H19N3O. The minimum atomic E-state index is 0.153. The highest BCUT2D eigenvalue weighted by Gasteiger charge is 2.33. The zero-order valence-corrected chi connectivity index (χ0v) is 12.0. The van der Waals surface area contributed by atoms with Crippen LogP contribution in [0.2, 0.25) is 0 Å². The lowest BCUT2D eigenvalue weighted by Crippen LogP contribution is -2.52. The van der Waals surface area contributed by atoms with Crippen LogP contribution in [0, 0.1) is 0 Å². The third kappa shape index (κ3) is 2.20. The van der Waals surface area contributed by atoms with Gasteiger partial charge in [-0.05, 0) is 31.5 Å². The van der Waals surface area contributed by atoms with Crippen LogP contribution in [0.1, 0.15) is 23.2 Å². The van der Waals surface area contributed by atoms with Crippen molar-refractivity contribution in [1.29, 1.82) is 0 Å². The molecule has 0 spiro atoms. The van der Waals surface area contributed by atoms with Gasteiger partial charge in [-0.25, -0.2) is 0 Å². The number of aromatic nitrogens is 1. The first-order chi connectivity index (χ1) is 10.3. The number of hydrogen-bond acceptors (Lipinski definition) is 3. The number of piperazine rings is 1. The number of hydrogen-bond donors (Lipinski definition) is 0. The third-order valence-corrected chi connectivity index (χ3v) is 4.75. The highest BCUT2D eigenvalue weighted by molar-refractivity contribution is 6.06. The molecule has 0 unspecified atom stereocenters. The molecule has 3 heterocycles. The van der Waals surface area contributed by atoms with Crippen LogP contribution >= 0.6 is 0 Å². The standard InChI is InChI=1S/C17H19N3O/c21-17(20-11-10-19-9-3-4-13(19)12-20)15-7-8-18-16-6-2-1-5-14(15)16/h1-2,5-8,13H,3-4,9-12H2/t13-/m1/s1. The fourth-order valence-electron chi connectivity index (χ4n) is 3.63. The molecular weight excluding hydrogens is 262 g/mol. The Kier molecular flexibility index (Phi) is 3.11. The Hall–Kier alpha value is -1.94. The maximum Gasteiger partial charge on any atom is 0.254 e. The van der Waals surface area contributed by atoms with Crippen LogP contribution in [0.4, 0.5) is 0 Å². The van der Waals surface area contributed by atoms with Gasteiger partial charge in [0.25, 0.3) is 5.91 Å². The molecule has 108 valence electrons.